The van der Waals surface area contributed by atoms with Crippen LogP contribution >= 0.6 is 0 Å². The number of carbonyl (C=O) groups is 3. The molecule has 0 spiro atoms. The fraction of sp³-hybridized carbons (Fsp3) is 0.292. The molecule has 0 saturated heterocycles. The van der Waals surface area contributed by atoms with Gasteiger partial charge in [-0.15, -0.1) is 0 Å². The highest BCUT2D eigenvalue weighted by Crippen LogP contribution is 2.15. The number of aromatic nitrogens is 3. The number of carbonyl (C=O) groups excluding carboxylic acids is 2. The fourth-order valence-electron chi connectivity index (χ4n) is 3.81. The highest BCUT2D eigenvalue weighted by atomic mass is 32.2. The normalized spacial score (nSPS) is 14.2. The van der Waals surface area contributed by atoms with Gasteiger partial charge in [-0.05, 0) is 43.2 Å². The SMILES string of the molecule is Cc1ccc(S(=O)(=O)N[C@@H](CNC(=O)c2cc3n(n2)CCN(CCc2ccncc2)C3=O)C(=O)O)cc1. The Kier molecular flexibility index (Phi) is 7.64. The Morgan fingerprint density at radius 2 is 1.81 bits per heavy atom. The van der Waals surface area contributed by atoms with Crippen LogP contribution in [0.2, 0.25) is 0 Å². The Bertz CT molecular complexity index is 1410. The Labute approximate surface area is 213 Å². The summed E-state index contributed by atoms with van der Waals surface area (Å²) in [4.78, 5) is 42.8. The highest BCUT2D eigenvalue weighted by molar-refractivity contribution is 7.89. The quantitative estimate of drug-likeness (QED) is 0.343. The van der Waals surface area contributed by atoms with Gasteiger partial charge in [0.25, 0.3) is 11.8 Å². The van der Waals surface area contributed by atoms with E-state index in [0.29, 0.717) is 26.1 Å². The summed E-state index contributed by atoms with van der Waals surface area (Å²) in [5.41, 5.74) is 2.08. The Morgan fingerprint density at radius 1 is 1.11 bits per heavy atom. The molecule has 37 heavy (non-hydrogen) atoms. The minimum atomic E-state index is -4.13. The van der Waals surface area contributed by atoms with Crippen LogP contribution in [-0.2, 0) is 27.8 Å². The van der Waals surface area contributed by atoms with Crippen molar-refractivity contribution in [3.8, 4) is 0 Å². The molecule has 0 aliphatic carbocycles. The predicted molar refractivity (Wildman–Crippen MR) is 131 cm³/mol. The van der Waals surface area contributed by atoms with Crippen LogP contribution in [0.5, 0.6) is 0 Å². The lowest BCUT2D eigenvalue weighted by atomic mass is 10.1. The number of pyridine rings is 1. The summed E-state index contributed by atoms with van der Waals surface area (Å²) in [5.74, 6) is -2.44. The van der Waals surface area contributed by atoms with Crippen LogP contribution in [0.4, 0.5) is 0 Å². The minimum Gasteiger partial charge on any atom is -0.480 e. The molecule has 0 radical (unpaired) electrons. The zero-order valence-corrected chi connectivity index (χ0v) is 20.8. The van der Waals surface area contributed by atoms with Crippen molar-refractivity contribution < 1.29 is 27.9 Å². The van der Waals surface area contributed by atoms with Gasteiger partial charge in [-0.25, -0.2) is 8.42 Å². The fourth-order valence-corrected chi connectivity index (χ4v) is 5.00. The summed E-state index contributed by atoms with van der Waals surface area (Å²) in [6.45, 7) is 2.60. The van der Waals surface area contributed by atoms with Crippen molar-refractivity contribution in [2.45, 2.75) is 30.8 Å². The van der Waals surface area contributed by atoms with E-state index in [-0.39, 0.29) is 22.2 Å². The molecule has 2 amide bonds. The first-order chi connectivity index (χ1) is 17.6. The van der Waals surface area contributed by atoms with Gasteiger partial charge in [0.2, 0.25) is 10.0 Å². The third-order valence-electron chi connectivity index (χ3n) is 5.91. The molecule has 12 nitrogen and oxygen atoms in total. The van der Waals surface area contributed by atoms with Crippen molar-refractivity contribution in [1.82, 2.24) is 29.7 Å². The maximum atomic E-state index is 12.9. The van der Waals surface area contributed by atoms with E-state index >= 15 is 0 Å². The third kappa shape index (κ3) is 6.19. The number of benzene rings is 1. The molecule has 1 aliphatic rings. The molecule has 2 aromatic heterocycles. The number of nitrogens with one attached hydrogen (secondary N) is 2. The van der Waals surface area contributed by atoms with Gasteiger partial charge >= 0.3 is 5.97 Å². The standard InChI is InChI=1S/C24H26N6O6S/c1-16-2-4-18(5-3-16)37(35,36)28-20(24(33)34)15-26-22(31)19-14-21-23(32)29(12-13-30(21)27-19)11-8-17-6-9-25-10-7-17/h2-7,9-10,14,20,28H,8,11-13,15H2,1H3,(H,26,31)(H,33,34)/t20-/m0/s1. The average molecular weight is 527 g/mol. The van der Waals surface area contributed by atoms with Crippen molar-refractivity contribution in [3.63, 3.8) is 0 Å². The zero-order valence-electron chi connectivity index (χ0n) is 20.0. The van der Waals surface area contributed by atoms with Crippen LogP contribution in [0.1, 0.15) is 32.1 Å². The molecule has 3 N–H and O–H groups in total. The average Bonchev–Trinajstić information content (AvgIpc) is 3.32. The smallest absolute Gasteiger partial charge is 0.323 e. The number of aliphatic carboxylic acids is 1. The van der Waals surface area contributed by atoms with Crippen molar-refractivity contribution in [2.75, 3.05) is 19.6 Å². The first-order valence-electron chi connectivity index (χ1n) is 11.5. The van der Waals surface area contributed by atoms with E-state index in [4.69, 9.17) is 0 Å². The number of rotatable bonds is 10. The number of aryl methyl sites for hydroxylation is 1. The zero-order chi connectivity index (χ0) is 26.6. The van der Waals surface area contributed by atoms with E-state index in [1.807, 2.05) is 12.1 Å². The number of amides is 2. The Morgan fingerprint density at radius 3 is 2.49 bits per heavy atom. The summed E-state index contributed by atoms with van der Waals surface area (Å²) >= 11 is 0. The summed E-state index contributed by atoms with van der Waals surface area (Å²) in [5, 5.41) is 16.1. The molecule has 0 fully saturated rings. The number of nitrogens with zero attached hydrogens (tertiary/aromatic N) is 4. The van der Waals surface area contributed by atoms with E-state index in [0.717, 1.165) is 11.1 Å². The molecule has 0 saturated carbocycles. The lowest BCUT2D eigenvalue weighted by Gasteiger charge is -2.27. The maximum absolute atomic E-state index is 12.9. The number of hydrogen-bond donors (Lipinski definition) is 3. The van der Waals surface area contributed by atoms with Gasteiger partial charge in [-0.1, -0.05) is 17.7 Å². The molecule has 1 aliphatic heterocycles. The third-order valence-corrected chi connectivity index (χ3v) is 7.40. The van der Waals surface area contributed by atoms with Gasteiger partial charge in [0.15, 0.2) is 5.69 Å². The molecular formula is C24H26N6O6S. The molecule has 194 valence electrons. The van der Waals surface area contributed by atoms with Gasteiger partial charge in [0.05, 0.1) is 11.4 Å². The first-order valence-corrected chi connectivity index (χ1v) is 13.0. The number of carboxylic acid groups (broad SMARTS) is 1. The second kappa shape index (κ2) is 10.9. The van der Waals surface area contributed by atoms with E-state index < -0.39 is 34.5 Å². The monoisotopic (exact) mass is 526 g/mol. The maximum Gasteiger partial charge on any atom is 0.323 e. The minimum absolute atomic E-state index is 0.0649. The molecule has 1 atom stereocenters. The van der Waals surface area contributed by atoms with E-state index in [1.54, 1.807) is 36.4 Å². The second-order valence-corrected chi connectivity index (χ2v) is 10.3. The van der Waals surface area contributed by atoms with Crippen molar-refractivity contribution in [3.05, 3.63) is 77.4 Å². The molecular weight excluding hydrogens is 500 g/mol. The molecule has 0 unspecified atom stereocenters. The number of sulfonamides is 1. The molecule has 3 heterocycles. The second-order valence-electron chi connectivity index (χ2n) is 8.57. The van der Waals surface area contributed by atoms with Crippen LogP contribution in [-0.4, -0.2) is 76.6 Å². The Balaban J connectivity index is 1.38. The van der Waals surface area contributed by atoms with Crippen molar-refractivity contribution >= 4 is 27.8 Å². The molecule has 0 bridgehead atoms. The van der Waals surface area contributed by atoms with Crippen molar-refractivity contribution in [1.29, 1.82) is 0 Å². The van der Waals surface area contributed by atoms with Crippen LogP contribution in [0.15, 0.2) is 59.8 Å². The highest BCUT2D eigenvalue weighted by Gasteiger charge is 2.29. The van der Waals surface area contributed by atoms with Gasteiger partial charge in [-0.3, -0.25) is 24.0 Å². The van der Waals surface area contributed by atoms with Crippen LogP contribution in [0.3, 0.4) is 0 Å². The van der Waals surface area contributed by atoms with Gasteiger partial charge in [0.1, 0.15) is 11.7 Å². The molecule has 13 heteroatoms. The summed E-state index contributed by atoms with van der Waals surface area (Å²) < 4.78 is 28.7. The summed E-state index contributed by atoms with van der Waals surface area (Å²) in [6.07, 6.45) is 4.04. The molecule has 4 rings (SSSR count). The number of carboxylic acids is 1. The summed E-state index contributed by atoms with van der Waals surface area (Å²) in [6, 6.07) is 9.41. The topological polar surface area (TPSA) is 164 Å². The number of fused-ring (bicyclic) bond motifs is 1. The largest absolute Gasteiger partial charge is 0.480 e. The predicted octanol–water partition coefficient (Wildman–Crippen LogP) is 0.447. The summed E-state index contributed by atoms with van der Waals surface area (Å²) in [7, 11) is -4.13. The lowest BCUT2D eigenvalue weighted by molar-refractivity contribution is -0.138. The van der Waals surface area contributed by atoms with Crippen molar-refractivity contribution in [2.24, 2.45) is 0 Å². The van der Waals surface area contributed by atoms with Crippen LogP contribution in [0, 0.1) is 6.92 Å². The first kappa shape index (κ1) is 26.0. The van der Waals surface area contributed by atoms with E-state index in [9.17, 15) is 27.9 Å². The van der Waals surface area contributed by atoms with E-state index in [1.165, 1.54) is 22.9 Å². The number of hydrogen-bond acceptors (Lipinski definition) is 7. The molecule has 1 aromatic carbocycles. The van der Waals surface area contributed by atoms with Gasteiger partial charge in [0, 0.05) is 38.1 Å². The lowest BCUT2D eigenvalue weighted by Crippen LogP contribution is -2.48. The van der Waals surface area contributed by atoms with E-state index in [2.05, 4.69) is 20.1 Å². The van der Waals surface area contributed by atoms with Gasteiger partial charge < -0.3 is 15.3 Å². The Hall–Kier alpha value is -4.10. The molecule has 3 aromatic rings. The van der Waals surface area contributed by atoms with Gasteiger partial charge in [-0.2, -0.15) is 9.82 Å². The van der Waals surface area contributed by atoms with Crippen LogP contribution in [0.25, 0.3) is 0 Å². The van der Waals surface area contributed by atoms with Crippen LogP contribution < -0.4 is 10.0 Å².